The molecular formula is C61H66. The predicted molar refractivity (Wildman–Crippen MR) is 273 cm³/mol. The van der Waals surface area contributed by atoms with E-state index in [0.717, 1.165) is 30.4 Å². The molecule has 0 saturated heterocycles. The molecule has 0 aliphatic heterocycles. The SMILES string of the molecule is C=C.C=C(/C=C(\C)c1ccccc1-c1ccccc1C1=CC(C)CC=C1C1=CCC(c2ccccc2C)C(c2ccccc2)=C1)c1ccccc1.C=C/C=C(\C=C)CC.CC. The number of hydrogen-bond donors (Lipinski definition) is 0. The first-order chi connectivity index (χ1) is 29.8. The summed E-state index contributed by atoms with van der Waals surface area (Å²) in [5.41, 5.74) is 19.0. The number of rotatable bonds is 11. The van der Waals surface area contributed by atoms with E-state index in [-0.39, 0.29) is 0 Å². The minimum atomic E-state index is 0.322. The predicted octanol–water partition coefficient (Wildman–Crippen LogP) is 17.8. The quantitative estimate of drug-likeness (QED) is 0.0922. The highest BCUT2D eigenvalue weighted by Gasteiger charge is 2.27. The lowest BCUT2D eigenvalue weighted by Gasteiger charge is -2.29. The maximum absolute atomic E-state index is 4.41. The summed E-state index contributed by atoms with van der Waals surface area (Å²) >= 11 is 0. The summed E-state index contributed by atoms with van der Waals surface area (Å²) in [6, 6.07) is 48.1. The van der Waals surface area contributed by atoms with Gasteiger partial charge in [-0.1, -0.05) is 229 Å². The van der Waals surface area contributed by atoms with E-state index in [2.05, 4.69) is 218 Å². The van der Waals surface area contributed by atoms with Gasteiger partial charge in [0.25, 0.3) is 0 Å². The molecule has 0 amide bonds. The molecular weight excluding hydrogens is 733 g/mol. The summed E-state index contributed by atoms with van der Waals surface area (Å²) in [6.07, 6.45) is 20.8. The Morgan fingerprint density at radius 1 is 0.689 bits per heavy atom. The van der Waals surface area contributed by atoms with Crippen molar-refractivity contribution in [1.82, 2.24) is 0 Å². The number of aryl methyl sites for hydroxylation is 1. The van der Waals surface area contributed by atoms with Crippen LogP contribution < -0.4 is 0 Å². The monoisotopic (exact) mass is 799 g/mol. The molecule has 0 bridgehead atoms. The van der Waals surface area contributed by atoms with Crippen molar-refractivity contribution >= 4 is 22.3 Å². The second-order valence-corrected chi connectivity index (χ2v) is 15.0. The average molecular weight is 799 g/mol. The Bertz CT molecular complexity index is 2420. The van der Waals surface area contributed by atoms with Gasteiger partial charge in [0.15, 0.2) is 0 Å². The fourth-order valence-corrected chi connectivity index (χ4v) is 8.01. The van der Waals surface area contributed by atoms with E-state index in [1.165, 1.54) is 72.4 Å². The zero-order valence-corrected chi connectivity index (χ0v) is 37.6. The molecule has 2 unspecified atom stereocenters. The van der Waals surface area contributed by atoms with Gasteiger partial charge in [-0.05, 0) is 123 Å². The standard InChI is InChI=1S/C49H44.C8H12.C2H6.C2H4/c1-34-27-29-43(40-28-30-47(41-22-12-11-17-35(41)2)48(33-40)39-20-9-6-10-21-39)49(31-34)46-26-16-15-25-45(46)44-24-14-13-23-42(44)37(4)32-36(3)38-18-7-5-8-19-38;1-4-7-8(5-2)6-3;2*1-2/h5-26,28-29,31-34,47H,3,27,30H2,1-2,4H3;4-5,7H,1-2,6H2,3H3;1-2H3;1-2H2/b37-32+;8-7+;;. The Morgan fingerprint density at radius 2 is 1.28 bits per heavy atom. The molecule has 0 N–H and O–H groups in total. The van der Waals surface area contributed by atoms with Crippen molar-refractivity contribution in [2.45, 2.75) is 66.7 Å². The van der Waals surface area contributed by atoms with Gasteiger partial charge in [-0.15, -0.1) is 13.2 Å². The summed E-state index contributed by atoms with van der Waals surface area (Å²) in [5.74, 6) is 0.779. The highest BCUT2D eigenvalue weighted by atomic mass is 14.3. The van der Waals surface area contributed by atoms with Crippen LogP contribution in [0.25, 0.3) is 33.4 Å². The minimum Gasteiger partial charge on any atom is -0.106 e. The zero-order chi connectivity index (χ0) is 44.1. The van der Waals surface area contributed by atoms with Crippen LogP contribution >= 0.6 is 0 Å². The molecule has 0 radical (unpaired) electrons. The van der Waals surface area contributed by atoms with Crippen molar-refractivity contribution in [3.8, 4) is 11.1 Å². The van der Waals surface area contributed by atoms with E-state index in [0.29, 0.717) is 11.8 Å². The third kappa shape index (κ3) is 12.3. The van der Waals surface area contributed by atoms with Crippen LogP contribution in [0.4, 0.5) is 0 Å². The number of hydrogen-bond acceptors (Lipinski definition) is 0. The molecule has 2 aliphatic carbocycles. The average Bonchev–Trinajstić information content (AvgIpc) is 3.33. The molecule has 5 aromatic carbocycles. The second kappa shape index (κ2) is 24.6. The number of allylic oxidation sites excluding steroid dienone is 15. The van der Waals surface area contributed by atoms with Gasteiger partial charge in [-0.25, -0.2) is 0 Å². The van der Waals surface area contributed by atoms with Gasteiger partial charge < -0.3 is 0 Å². The Kier molecular flexibility index (Phi) is 19.0. The number of benzene rings is 5. The summed E-state index contributed by atoms with van der Waals surface area (Å²) < 4.78 is 0. The first kappa shape index (κ1) is 47.2. The Labute approximate surface area is 369 Å². The van der Waals surface area contributed by atoms with E-state index in [9.17, 15) is 0 Å². The molecule has 5 aromatic rings. The maximum atomic E-state index is 4.41. The van der Waals surface area contributed by atoms with Crippen molar-refractivity contribution in [1.29, 1.82) is 0 Å². The first-order valence-electron chi connectivity index (χ1n) is 21.8. The molecule has 2 aliphatic rings. The summed E-state index contributed by atoms with van der Waals surface area (Å²) in [4.78, 5) is 0. The summed E-state index contributed by atoms with van der Waals surface area (Å²) in [7, 11) is 0. The topological polar surface area (TPSA) is 0 Å². The Balaban J connectivity index is 0.000000608. The van der Waals surface area contributed by atoms with Crippen molar-refractivity contribution in [3.63, 3.8) is 0 Å². The summed E-state index contributed by atoms with van der Waals surface area (Å²) in [6.45, 7) is 30.5. The van der Waals surface area contributed by atoms with Crippen molar-refractivity contribution in [2.75, 3.05) is 0 Å². The molecule has 0 nitrogen and oxygen atoms in total. The van der Waals surface area contributed by atoms with Crippen LogP contribution in [-0.4, -0.2) is 0 Å². The van der Waals surface area contributed by atoms with E-state index in [1.807, 2.05) is 32.1 Å². The van der Waals surface area contributed by atoms with Gasteiger partial charge in [-0.2, -0.15) is 0 Å². The van der Waals surface area contributed by atoms with Crippen LogP contribution in [0.2, 0.25) is 0 Å². The molecule has 0 saturated carbocycles. The largest absolute Gasteiger partial charge is 0.106 e. The second-order valence-electron chi connectivity index (χ2n) is 15.0. The first-order valence-corrected chi connectivity index (χ1v) is 21.8. The van der Waals surface area contributed by atoms with E-state index in [1.54, 1.807) is 6.08 Å². The van der Waals surface area contributed by atoms with Crippen molar-refractivity contribution in [3.05, 3.63) is 265 Å². The van der Waals surface area contributed by atoms with E-state index >= 15 is 0 Å². The maximum Gasteiger partial charge on any atom is 0.0133 e. The fraction of sp³-hybridized carbons (Fsp3) is 0.180. The van der Waals surface area contributed by atoms with Crippen molar-refractivity contribution < 1.29 is 0 Å². The van der Waals surface area contributed by atoms with E-state index in [4.69, 9.17) is 0 Å². The summed E-state index contributed by atoms with van der Waals surface area (Å²) in [5, 5.41) is 0. The Morgan fingerprint density at radius 3 is 1.90 bits per heavy atom. The van der Waals surface area contributed by atoms with Crippen molar-refractivity contribution in [2.24, 2.45) is 5.92 Å². The van der Waals surface area contributed by atoms with E-state index < -0.39 is 0 Å². The fourth-order valence-electron chi connectivity index (χ4n) is 8.01. The lowest BCUT2D eigenvalue weighted by atomic mass is 9.74. The highest BCUT2D eigenvalue weighted by Crippen LogP contribution is 2.46. The molecule has 2 atom stereocenters. The van der Waals surface area contributed by atoms with Gasteiger partial charge in [-0.3, -0.25) is 0 Å². The molecule has 7 rings (SSSR count). The van der Waals surface area contributed by atoms with Gasteiger partial charge in [0, 0.05) is 5.92 Å². The molecule has 0 fully saturated rings. The normalized spacial score (nSPS) is 15.9. The molecule has 310 valence electrons. The van der Waals surface area contributed by atoms with Crippen LogP contribution in [0.15, 0.2) is 232 Å². The molecule has 0 spiro atoms. The lowest BCUT2D eigenvalue weighted by Crippen LogP contribution is -2.10. The van der Waals surface area contributed by atoms with Gasteiger partial charge >= 0.3 is 0 Å². The highest BCUT2D eigenvalue weighted by molar-refractivity contribution is 5.96. The third-order valence-electron chi connectivity index (χ3n) is 11.1. The minimum absolute atomic E-state index is 0.322. The molecule has 0 heterocycles. The van der Waals surface area contributed by atoms with Crippen LogP contribution in [0.1, 0.15) is 93.2 Å². The molecule has 0 aromatic heterocycles. The zero-order valence-electron chi connectivity index (χ0n) is 37.6. The van der Waals surface area contributed by atoms with Gasteiger partial charge in [0.2, 0.25) is 0 Å². The van der Waals surface area contributed by atoms with Crippen LogP contribution in [0.5, 0.6) is 0 Å². The van der Waals surface area contributed by atoms with Crippen LogP contribution in [0, 0.1) is 12.8 Å². The molecule has 61 heavy (non-hydrogen) atoms. The lowest BCUT2D eigenvalue weighted by molar-refractivity contribution is 0.735. The smallest absolute Gasteiger partial charge is 0.0133 e. The van der Waals surface area contributed by atoms with Gasteiger partial charge in [0.05, 0.1) is 0 Å². The van der Waals surface area contributed by atoms with Gasteiger partial charge in [0.1, 0.15) is 0 Å². The Hall–Kier alpha value is -6.50. The third-order valence-corrected chi connectivity index (χ3v) is 11.1. The van der Waals surface area contributed by atoms with Crippen LogP contribution in [0.3, 0.4) is 0 Å². The molecule has 0 heteroatoms. The van der Waals surface area contributed by atoms with Crippen LogP contribution in [-0.2, 0) is 0 Å².